The van der Waals surface area contributed by atoms with E-state index in [2.05, 4.69) is 25.3 Å². The summed E-state index contributed by atoms with van der Waals surface area (Å²) in [6.07, 6.45) is 0.123. The Morgan fingerprint density at radius 1 is 1.28 bits per heavy atom. The van der Waals surface area contributed by atoms with Crippen molar-refractivity contribution in [3.63, 3.8) is 0 Å². The number of carbonyl (C=O) groups excluding carboxylic acids is 2. The van der Waals surface area contributed by atoms with Crippen LogP contribution in [0.4, 0.5) is 15.5 Å². The summed E-state index contributed by atoms with van der Waals surface area (Å²) >= 11 is 0.795. The fourth-order valence-electron chi connectivity index (χ4n) is 2.20. The number of amides is 3. The maximum absolute atomic E-state index is 12.3. The minimum atomic E-state index is -0.984. The summed E-state index contributed by atoms with van der Waals surface area (Å²) in [5, 5.41) is 30.5. The van der Waals surface area contributed by atoms with E-state index in [0.29, 0.717) is 5.56 Å². The minimum absolute atomic E-state index is 0.0616. The van der Waals surface area contributed by atoms with Crippen LogP contribution < -0.4 is 16.5 Å². The molecule has 0 aliphatic carbocycles. The molecule has 0 aliphatic rings. The summed E-state index contributed by atoms with van der Waals surface area (Å²) in [5.74, 6) is 3.08. The van der Waals surface area contributed by atoms with Gasteiger partial charge in [-0.2, -0.15) is 4.37 Å². The second-order valence-corrected chi connectivity index (χ2v) is 6.21. The molecular weight excluding hydrogens is 406 g/mol. The number of nitrogens with two attached hydrogens (primary N) is 1. The molecule has 1 aromatic heterocycles. The van der Waals surface area contributed by atoms with Crippen molar-refractivity contribution < 1.29 is 24.4 Å². The molecule has 0 spiro atoms. The number of benzene rings is 1. The molecule has 0 bridgehead atoms. The number of rotatable bonds is 8. The van der Waals surface area contributed by atoms with Crippen LogP contribution in [-0.4, -0.2) is 38.9 Å². The molecular formula is C15H15N7O6S. The monoisotopic (exact) mass is 421 g/mol. The summed E-state index contributed by atoms with van der Waals surface area (Å²) in [5.41, 5.74) is 0.303. The topological polar surface area (TPSA) is 202 Å². The highest BCUT2D eigenvalue weighted by Gasteiger charge is 2.24. The Morgan fingerprint density at radius 2 is 1.97 bits per heavy atom. The SMILES string of the molecule is NN=NC(=O)c1c(-c2ccc([N+](=O)[O-])cc2)nsc1NC(=O)NCCCC(=O)O. The first-order valence-corrected chi connectivity index (χ1v) is 8.77. The zero-order chi connectivity index (χ0) is 21.4. The Labute approximate surface area is 166 Å². The highest BCUT2D eigenvalue weighted by atomic mass is 32.1. The van der Waals surface area contributed by atoms with Gasteiger partial charge >= 0.3 is 17.9 Å². The average Bonchev–Trinajstić information content (AvgIpc) is 3.09. The lowest BCUT2D eigenvalue weighted by Crippen LogP contribution is -2.30. The van der Waals surface area contributed by atoms with Gasteiger partial charge in [0.05, 0.1) is 10.6 Å². The van der Waals surface area contributed by atoms with E-state index in [4.69, 9.17) is 10.9 Å². The van der Waals surface area contributed by atoms with Gasteiger partial charge in [0.1, 0.15) is 10.6 Å². The average molecular weight is 421 g/mol. The van der Waals surface area contributed by atoms with E-state index in [9.17, 15) is 24.5 Å². The van der Waals surface area contributed by atoms with Gasteiger partial charge in [-0.1, -0.05) is 10.3 Å². The van der Waals surface area contributed by atoms with Crippen LogP contribution in [0.3, 0.4) is 0 Å². The van der Waals surface area contributed by atoms with Gasteiger partial charge in [-0.3, -0.25) is 25.0 Å². The van der Waals surface area contributed by atoms with Gasteiger partial charge in [-0.15, -0.1) is 0 Å². The van der Waals surface area contributed by atoms with E-state index in [1.54, 1.807) is 0 Å². The number of carboxylic acids is 1. The summed E-state index contributed by atoms with van der Waals surface area (Å²) in [6, 6.07) is 4.62. The minimum Gasteiger partial charge on any atom is -0.481 e. The summed E-state index contributed by atoms with van der Waals surface area (Å²) in [6.45, 7) is 0.109. The van der Waals surface area contributed by atoms with Crippen molar-refractivity contribution in [3.8, 4) is 11.3 Å². The second kappa shape index (κ2) is 9.84. The number of aliphatic carboxylic acids is 1. The summed E-state index contributed by atoms with van der Waals surface area (Å²) in [7, 11) is 0. The number of nitro benzene ring substituents is 1. The fraction of sp³-hybridized carbons (Fsp3) is 0.200. The molecule has 0 radical (unpaired) electrons. The van der Waals surface area contributed by atoms with E-state index in [0.717, 1.165) is 11.5 Å². The number of non-ortho nitro benzene ring substituents is 1. The molecule has 13 nitrogen and oxygen atoms in total. The van der Waals surface area contributed by atoms with E-state index in [1.807, 2.05) is 0 Å². The number of aromatic nitrogens is 1. The lowest BCUT2D eigenvalue weighted by Gasteiger charge is -2.06. The Kier molecular flexibility index (Phi) is 7.25. The fourth-order valence-corrected chi connectivity index (χ4v) is 3.00. The highest BCUT2D eigenvalue weighted by molar-refractivity contribution is 7.11. The predicted octanol–water partition coefficient (Wildman–Crippen LogP) is 2.17. The molecule has 152 valence electrons. The van der Waals surface area contributed by atoms with Crippen molar-refractivity contribution >= 4 is 40.1 Å². The van der Waals surface area contributed by atoms with E-state index in [-0.39, 0.29) is 41.3 Å². The van der Waals surface area contributed by atoms with Gasteiger partial charge in [0.25, 0.3) is 5.69 Å². The zero-order valence-electron chi connectivity index (χ0n) is 14.7. The van der Waals surface area contributed by atoms with Gasteiger partial charge in [-0.05, 0) is 30.1 Å². The van der Waals surface area contributed by atoms with E-state index in [1.165, 1.54) is 24.3 Å². The Morgan fingerprint density at radius 3 is 2.55 bits per heavy atom. The predicted molar refractivity (Wildman–Crippen MR) is 101 cm³/mol. The number of nitrogens with one attached hydrogen (secondary N) is 2. The van der Waals surface area contributed by atoms with Gasteiger partial charge < -0.3 is 16.3 Å². The number of urea groups is 1. The molecule has 0 fully saturated rings. The normalized spacial score (nSPS) is 10.6. The van der Waals surface area contributed by atoms with Crippen LogP contribution in [0.1, 0.15) is 23.2 Å². The number of carboxylic acid groups (broad SMARTS) is 1. The maximum Gasteiger partial charge on any atom is 0.319 e. The summed E-state index contributed by atoms with van der Waals surface area (Å²) in [4.78, 5) is 45.0. The van der Waals surface area contributed by atoms with Crippen LogP contribution in [0.25, 0.3) is 11.3 Å². The molecule has 2 aromatic rings. The number of carbonyl (C=O) groups is 3. The third-order valence-electron chi connectivity index (χ3n) is 3.49. The first kappa shape index (κ1) is 21.4. The van der Waals surface area contributed by atoms with Gasteiger partial charge in [0, 0.05) is 30.7 Å². The molecule has 0 unspecified atom stereocenters. The van der Waals surface area contributed by atoms with Crippen molar-refractivity contribution in [2.45, 2.75) is 12.8 Å². The molecule has 2 rings (SSSR count). The van der Waals surface area contributed by atoms with Crippen LogP contribution >= 0.6 is 11.5 Å². The van der Waals surface area contributed by atoms with Crippen molar-refractivity contribution in [1.29, 1.82) is 0 Å². The molecule has 14 heteroatoms. The lowest BCUT2D eigenvalue weighted by molar-refractivity contribution is -0.384. The maximum atomic E-state index is 12.3. The van der Waals surface area contributed by atoms with Crippen LogP contribution in [0.5, 0.6) is 0 Å². The number of hydrogen-bond acceptors (Lipinski definition) is 8. The molecule has 0 atom stereocenters. The van der Waals surface area contributed by atoms with Crippen molar-refractivity contribution in [2.75, 3.05) is 11.9 Å². The number of nitrogens with zero attached hydrogens (tertiary/aromatic N) is 4. The van der Waals surface area contributed by atoms with Crippen molar-refractivity contribution in [2.24, 2.45) is 16.2 Å². The number of nitro groups is 1. The molecule has 3 amide bonds. The molecule has 1 heterocycles. The third-order valence-corrected chi connectivity index (χ3v) is 4.25. The molecule has 0 saturated heterocycles. The van der Waals surface area contributed by atoms with Crippen LogP contribution in [0, 0.1) is 10.1 Å². The standard InChI is InChI=1S/C15H15N7O6S/c16-21-19-13(25)11-12(8-3-5-9(6-4-8)22(27)28)20-29-14(11)18-15(26)17-7-1-2-10(23)24/h3-6H,1-2,7H2,(H,23,24)(H2,16,19,25)(H2,17,18,26). The van der Waals surface area contributed by atoms with Crippen LogP contribution in [0.2, 0.25) is 0 Å². The summed E-state index contributed by atoms with van der Waals surface area (Å²) < 4.78 is 4.13. The Hall–Kier alpha value is -3.94. The number of anilines is 1. The number of hydrogen-bond donors (Lipinski definition) is 4. The van der Waals surface area contributed by atoms with Gasteiger partial charge in [0.2, 0.25) is 0 Å². The molecule has 29 heavy (non-hydrogen) atoms. The van der Waals surface area contributed by atoms with Gasteiger partial charge in [0.15, 0.2) is 0 Å². The quantitative estimate of drug-likeness (QED) is 0.163. The van der Waals surface area contributed by atoms with E-state index < -0.39 is 22.8 Å². The Balaban J connectivity index is 2.24. The second-order valence-electron chi connectivity index (χ2n) is 5.44. The zero-order valence-corrected chi connectivity index (χ0v) is 15.5. The molecule has 0 saturated carbocycles. The van der Waals surface area contributed by atoms with Crippen LogP contribution in [0.15, 0.2) is 34.6 Å². The molecule has 1 aromatic carbocycles. The lowest BCUT2D eigenvalue weighted by atomic mass is 10.1. The smallest absolute Gasteiger partial charge is 0.319 e. The Bertz CT molecular complexity index is 957. The van der Waals surface area contributed by atoms with E-state index >= 15 is 0 Å². The van der Waals surface area contributed by atoms with Gasteiger partial charge in [-0.25, -0.2) is 4.79 Å². The highest BCUT2D eigenvalue weighted by Crippen LogP contribution is 2.33. The van der Waals surface area contributed by atoms with Crippen molar-refractivity contribution in [3.05, 3.63) is 39.9 Å². The van der Waals surface area contributed by atoms with Crippen LogP contribution in [-0.2, 0) is 4.79 Å². The largest absolute Gasteiger partial charge is 0.481 e. The third kappa shape index (κ3) is 5.77. The first-order chi connectivity index (χ1) is 13.8. The molecule has 0 aliphatic heterocycles. The molecule has 5 N–H and O–H groups in total. The first-order valence-electron chi connectivity index (χ1n) is 8.00. The van der Waals surface area contributed by atoms with Crippen molar-refractivity contribution in [1.82, 2.24) is 9.69 Å².